The van der Waals surface area contributed by atoms with Crippen LogP contribution in [0, 0.1) is 19.7 Å². The number of carbonyl (C=O) groups excluding carboxylic acids is 1. The lowest BCUT2D eigenvalue weighted by Crippen LogP contribution is -2.39. The van der Waals surface area contributed by atoms with E-state index in [2.05, 4.69) is 10.6 Å². The molecule has 0 spiro atoms. The number of carboxylic acids is 1. The highest BCUT2D eigenvalue weighted by Crippen LogP contribution is 2.31. The number of benzene rings is 2. The Hall–Kier alpha value is -3.15. The number of amides is 1. The van der Waals surface area contributed by atoms with Crippen LogP contribution < -0.4 is 10.6 Å². The normalized spacial score (nSPS) is 12.6. The third-order valence-electron chi connectivity index (χ3n) is 5.05. The minimum atomic E-state index is -1.09. The van der Waals surface area contributed by atoms with E-state index in [0.29, 0.717) is 17.6 Å². The molecular weight excluding hydrogens is 395 g/mol. The highest BCUT2D eigenvalue weighted by molar-refractivity contribution is 5.99. The molecule has 0 aromatic heterocycles. The number of hydrogen-bond donors (Lipinski definition) is 3. The lowest BCUT2D eigenvalue weighted by molar-refractivity contribution is -0.140. The number of anilines is 1. The first kappa shape index (κ1) is 24.1. The van der Waals surface area contributed by atoms with Crippen LogP contribution in [0.5, 0.6) is 0 Å². The number of carbonyl (C=O) groups is 2. The lowest BCUT2D eigenvalue weighted by atomic mass is 9.93. The molecule has 0 aliphatic rings. The smallest absolute Gasteiger partial charge is 0.325 e. The van der Waals surface area contributed by atoms with E-state index >= 15 is 0 Å². The summed E-state index contributed by atoms with van der Waals surface area (Å²) in [7, 11) is 0. The first-order valence-electron chi connectivity index (χ1n) is 10.4. The SMILES string of the molecule is CC/C(=C\c1cc(C)c(-c2ccc(NC(C)C)cc2F)cc1C)C(=O)N[C@H](C)C(=O)O. The fraction of sp³-hybridized carbons (Fsp3) is 0.360. The number of rotatable bonds is 8. The van der Waals surface area contributed by atoms with Gasteiger partial charge in [-0.1, -0.05) is 19.1 Å². The monoisotopic (exact) mass is 426 g/mol. The quantitative estimate of drug-likeness (QED) is 0.500. The van der Waals surface area contributed by atoms with Gasteiger partial charge >= 0.3 is 5.97 Å². The maximum absolute atomic E-state index is 14.8. The maximum Gasteiger partial charge on any atom is 0.325 e. The Morgan fingerprint density at radius 1 is 1.06 bits per heavy atom. The van der Waals surface area contributed by atoms with Gasteiger partial charge in [0, 0.05) is 22.9 Å². The van der Waals surface area contributed by atoms with Gasteiger partial charge in [0.25, 0.3) is 0 Å². The van der Waals surface area contributed by atoms with Crippen molar-refractivity contribution in [1.29, 1.82) is 0 Å². The number of aliphatic carboxylic acids is 1. The number of aryl methyl sites for hydroxylation is 2. The van der Waals surface area contributed by atoms with Gasteiger partial charge in [0.05, 0.1) is 0 Å². The van der Waals surface area contributed by atoms with E-state index in [1.54, 1.807) is 12.1 Å². The van der Waals surface area contributed by atoms with Crippen LogP contribution in [0.15, 0.2) is 35.9 Å². The molecule has 0 aliphatic heterocycles. The lowest BCUT2D eigenvalue weighted by Gasteiger charge is -2.15. The number of halogens is 1. The van der Waals surface area contributed by atoms with Crippen molar-refractivity contribution in [2.75, 3.05) is 5.32 Å². The highest BCUT2D eigenvalue weighted by atomic mass is 19.1. The number of carboxylic acid groups (broad SMARTS) is 1. The Morgan fingerprint density at radius 2 is 1.74 bits per heavy atom. The largest absolute Gasteiger partial charge is 0.480 e. The third kappa shape index (κ3) is 6.17. The van der Waals surface area contributed by atoms with E-state index in [0.717, 1.165) is 27.9 Å². The van der Waals surface area contributed by atoms with E-state index in [1.807, 2.05) is 52.8 Å². The van der Waals surface area contributed by atoms with Crippen LogP contribution in [0.3, 0.4) is 0 Å². The summed E-state index contributed by atoms with van der Waals surface area (Å²) in [5.41, 5.74) is 5.16. The molecule has 2 aromatic carbocycles. The predicted molar refractivity (Wildman–Crippen MR) is 124 cm³/mol. The standard InChI is InChI=1S/C25H31FN2O3/c1-7-18(24(29)28-17(6)25(30)31)12-19-10-16(5)22(11-15(19)4)21-9-8-20(13-23(21)26)27-14(2)3/h8-14,17,27H,7H2,1-6H3,(H,28,29)(H,30,31)/b18-12+/t17-/m1/s1. The molecule has 0 unspecified atom stereocenters. The zero-order chi connectivity index (χ0) is 23.3. The molecule has 0 fully saturated rings. The zero-order valence-corrected chi connectivity index (χ0v) is 19.0. The molecular formula is C25H31FN2O3. The molecule has 166 valence electrons. The molecule has 0 heterocycles. The van der Waals surface area contributed by atoms with E-state index < -0.39 is 17.9 Å². The third-order valence-corrected chi connectivity index (χ3v) is 5.05. The summed E-state index contributed by atoms with van der Waals surface area (Å²) in [5, 5.41) is 14.7. The summed E-state index contributed by atoms with van der Waals surface area (Å²) in [6.45, 7) is 11.1. The zero-order valence-electron chi connectivity index (χ0n) is 19.0. The van der Waals surface area contributed by atoms with E-state index in [4.69, 9.17) is 5.11 Å². The van der Waals surface area contributed by atoms with Crippen LogP contribution in [0.25, 0.3) is 17.2 Å². The molecule has 0 bridgehead atoms. The van der Waals surface area contributed by atoms with Crippen LogP contribution >= 0.6 is 0 Å². The Bertz CT molecular complexity index is 1010. The molecule has 1 atom stereocenters. The van der Waals surface area contributed by atoms with Crippen LogP contribution in [0.4, 0.5) is 10.1 Å². The maximum atomic E-state index is 14.8. The van der Waals surface area contributed by atoms with E-state index in [-0.39, 0.29) is 11.9 Å². The van der Waals surface area contributed by atoms with Crippen LogP contribution in [0.1, 0.15) is 50.8 Å². The molecule has 5 nitrogen and oxygen atoms in total. The highest BCUT2D eigenvalue weighted by Gasteiger charge is 2.17. The summed E-state index contributed by atoms with van der Waals surface area (Å²) in [5.74, 6) is -1.79. The Balaban J connectivity index is 2.38. The average Bonchev–Trinajstić information content (AvgIpc) is 2.68. The van der Waals surface area contributed by atoms with Crippen molar-refractivity contribution < 1.29 is 19.1 Å². The van der Waals surface area contributed by atoms with Crippen molar-refractivity contribution in [3.05, 3.63) is 58.4 Å². The first-order valence-corrected chi connectivity index (χ1v) is 10.4. The summed E-state index contributed by atoms with van der Waals surface area (Å²) >= 11 is 0. The van der Waals surface area contributed by atoms with Gasteiger partial charge in [0.15, 0.2) is 0 Å². The van der Waals surface area contributed by atoms with E-state index in [9.17, 15) is 14.0 Å². The second-order valence-corrected chi connectivity index (χ2v) is 8.07. The van der Waals surface area contributed by atoms with Crippen LogP contribution in [0.2, 0.25) is 0 Å². The second-order valence-electron chi connectivity index (χ2n) is 8.07. The van der Waals surface area contributed by atoms with Crippen molar-refractivity contribution in [1.82, 2.24) is 5.32 Å². The van der Waals surface area contributed by atoms with Crippen molar-refractivity contribution in [3.63, 3.8) is 0 Å². The predicted octanol–water partition coefficient (Wildman–Crippen LogP) is 5.31. The Kier molecular flexibility index (Phi) is 7.97. The molecule has 0 saturated heterocycles. The van der Waals surface area contributed by atoms with Gasteiger partial charge < -0.3 is 15.7 Å². The van der Waals surface area contributed by atoms with Crippen molar-refractivity contribution >= 4 is 23.6 Å². The molecule has 0 aliphatic carbocycles. The van der Waals surface area contributed by atoms with Gasteiger partial charge in [0.1, 0.15) is 11.9 Å². The summed E-state index contributed by atoms with van der Waals surface area (Å²) in [6, 6.07) is 8.22. The molecule has 3 N–H and O–H groups in total. The molecule has 0 saturated carbocycles. The van der Waals surface area contributed by atoms with Crippen molar-refractivity contribution in [3.8, 4) is 11.1 Å². The second kappa shape index (κ2) is 10.2. The van der Waals surface area contributed by atoms with Gasteiger partial charge in [-0.15, -0.1) is 0 Å². The summed E-state index contributed by atoms with van der Waals surface area (Å²) in [4.78, 5) is 23.4. The van der Waals surface area contributed by atoms with Gasteiger partial charge in [-0.05, 0) is 87.6 Å². The molecule has 2 rings (SSSR count). The number of nitrogens with one attached hydrogen (secondary N) is 2. The van der Waals surface area contributed by atoms with E-state index in [1.165, 1.54) is 13.0 Å². The van der Waals surface area contributed by atoms with Gasteiger partial charge in [0.2, 0.25) is 5.91 Å². The van der Waals surface area contributed by atoms with Crippen molar-refractivity contribution in [2.45, 2.75) is 60.0 Å². The van der Waals surface area contributed by atoms with Crippen molar-refractivity contribution in [2.24, 2.45) is 0 Å². The summed E-state index contributed by atoms with van der Waals surface area (Å²) < 4.78 is 14.8. The molecule has 2 aromatic rings. The van der Waals surface area contributed by atoms with Gasteiger partial charge in [-0.3, -0.25) is 9.59 Å². The van der Waals surface area contributed by atoms with Crippen LogP contribution in [-0.4, -0.2) is 29.1 Å². The minimum Gasteiger partial charge on any atom is -0.480 e. The summed E-state index contributed by atoms with van der Waals surface area (Å²) in [6.07, 6.45) is 2.22. The first-order chi connectivity index (χ1) is 14.5. The topological polar surface area (TPSA) is 78.4 Å². The van der Waals surface area contributed by atoms with Gasteiger partial charge in [-0.2, -0.15) is 0 Å². The van der Waals surface area contributed by atoms with Gasteiger partial charge in [-0.25, -0.2) is 4.39 Å². The molecule has 6 heteroatoms. The molecule has 1 amide bonds. The fourth-order valence-corrected chi connectivity index (χ4v) is 3.31. The van der Waals surface area contributed by atoms with Crippen LogP contribution in [-0.2, 0) is 9.59 Å². The minimum absolute atomic E-state index is 0.212. The average molecular weight is 427 g/mol. The Morgan fingerprint density at radius 3 is 2.29 bits per heavy atom. The number of hydrogen-bond acceptors (Lipinski definition) is 3. The Labute approximate surface area is 183 Å². The fourth-order valence-electron chi connectivity index (χ4n) is 3.31. The molecule has 31 heavy (non-hydrogen) atoms. The molecule has 0 radical (unpaired) electrons.